The summed E-state index contributed by atoms with van der Waals surface area (Å²) in [6.07, 6.45) is 2.66. The molecule has 1 saturated heterocycles. The molecule has 2 aromatic rings. The monoisotopic (exact) mass is 342 g/mol. The van der Waals surface area contributed by atoms with Crippen molar-refractivity contribution in [2.45, 2.75) is 19.5 Å². The molecule has 0 saturated carbocycles. The molecule has 3 N–H and O–H groups in total. The Labute approximate surface area is 146 Å². The van der Waals surface area contributed by atoms with E-state index in [2.05, 4.69) is 30.7 Å². The average Bonchev–Trinajstić information content (AvgIpc) is 3.11. The molecule has 2 aliphatic heterocycles. The number of morpholine rings is 1. The zero-order chi connectivity index (χ0) is 17.1. The van der Waals surface area contributed by atoms with Gasteiger partial charge in [0.25, 0.3) is 5.91 Å². The number of hydrogen-bond donors (Lipinski definition) is 3. The third-order valence-electron chi connectivity index (χ3n) is 4.62. The summed E-state index contributed by atoms with van der Waals surface area (Å²) >= 11 is 0. The van der Waals surface area contributed by atoms with E-state index in [1.807, 2.05) is 12.1 Å². The fourth-order valence-electron chi connectivity index (χ4n) is 3.22. The van der Waals surface area contributed by atoms with Crippen LogP contribution >= 0.6 is 0 Å². The lowest BCUT2D eigenvalue weighted by Crippen LogP contribution is -2.36. The van der Waals surface area contributed by atoms with Gasteiger partial charge in [-0.25, -0.2) is 4.98 Å². The van der Waals surface area contributed by atoms with E-state index in [0.29, 0.717) is 18.8 Å². The van der Waals surface area contributed by atoms with Crippen molar-refractivity contribution in [1.82, 2.24) is 25.8 Å². The Morgan fingerprint density at radius 2 is 2.24 bits per heavy atom. The smallest absolute Gasteiger partial charge is 0.272 e. The van der Waals surface area contributed by atoms with Crippen LogP contribution in [0.1, 0.15) is 27.3 Å². The maximum absolute atomic E-state index is 12.5. The van der Waals surface area contributed by atoms with E-state index in [4.69, 9.17) is 4.74 Å². The van der Waals surface area contributed by atoms with Gasteiger partial charge in [0.1, 0.15) is 5.82 Å². The number of ether oxygens (including phenoxy) is 1. The minimum absolute atomic E-state index is 0.147. The number of nitrogens with one attached hydrogen (secondary N) is 3. The molecular formula is C17H22N6O2. The van der Waals surface area contributed by atoms with Crippen LogP contribution in [-0.4, -0.2) is 53.9 Å². The van der Waals surface area contributed by atoms with Crippen molar-refractivity contribution in [3.05, 3.63) is 40.8 Å². The number of anilines is 1. The van der Waals surface area contributed by atoms with Gasteiger partial charge in [0.2, 0.25) is 0 Å². The van der Waals surface area contributed by atoms with Crippen molar-refractivity contribution in [2.75, 3.05) is 37.7 Å². The quantitative estimate of drug-likeness (QED) is 0.736. The molecule has 0 aliphatic carbocycles. The number of amides is 1. The highest BCUT2D eigenvalue weighted by Gasteiger charge is 2.21. The van der Waals surface area contributed by atoms with Crippen LogP contribution in [0.25, 0.3) is 0 Å². The van der Waals surface area contributed by atoms with Crippen molar-refractivity contribution < 1.29 is 9.53 Å². The Morgan fingerprint density at radius 1 is 1.36 bits per heavy atom. The second-order valence-electron chi connectivity index (χ2n) is 6.26. The molecule has 0 unspecified atom stereocenters. The van der Waals surface area contributed by atoms with Gasteiger partial charge in [-0.2, -0.15) is 5.10 Å². The van der Waals surface area contributed by atoms with E-state index in [1.165, 1.54) is 0 Å². The Kier molecular flexibility index (Phi) is 4.62. The summed E-state index contributed by atoms with van der Waals surface area (Å²) in [5.41, 5.74) is 3.55. The number of aromatic amines is 1. The number of fused-ring (bicyclic) bond motifs is 1. The molecule has 8 heteroatoms. The Balaban J connectivity index is 1.41. The molecule has 8 nitrogen and oxygen atoms in total. The lowest BCUT2D eigenvalue weighted by molar-refractivity contribution is 0.0944. The molecule has 0 spiro atoms. The van der Waals surface area contributed by atoms with Crippen LogP contribution in [-0.2, 0) is 24.2 Å². The zero-order valence-electron chi connectivity index (χ0n) is 14.0. The molecule has 1 fully saturated rings. The molecule has 2 aliphatic rings. The molecule has 132 valence electrons. The van der Waals surface area contributed by atoms with Crippen LogP contribution < -0.4 is 15.5 Å². The lowest BCUT2D eigenvalue weighted by atomic mass is 10.1. The maximum Gasteiger partial charge on any atom is 0.272 e. The Bertz CT molecular complexity index is 753. The van der Waals surface area contributed by atoms with Crippen LogP contribution in [0.5, 0.6) is 0 Å². The number of H-pyrrole nitrogens is 1. The minimum atomic E-state index is -0.147. The first-order valence-electron chi connectivity index (χ1n) is 8.64. The summed E-state index contributed by atoms with van der Waals surface area (Å²) in [5, 5.41) is 13.4. The molecule has 1 amide bonds. The van der Waals surface area contributed by atoms with Gasteiger partial charge >= 0.3 is 0 Å². The molecule has 0 bridgehead atoms. The highest BCUT2D eigenvalue weighted by Crippen LogP contribution is 2.16. The van der Waals surface area contributed by atoms with Crippen LogP contribution in [0.15, 0.2) is 18.3 Å². The maximum atomic E-state index is 12.5. The van der Waals surface area contributed by atoms with Gasteiger partial charge in [0.05, 0.1) is 13.2 Å². The fourth-order valence-corrected chi connectivity index (χ4v) is 3.22. The summed E-state index contributed by atoms with van der Waals surface area (Å²) < 4.78 is 5.38. The van der Waals surface area contributed by atoms with Gasteiger partial charge in [-0.1, -0.05) is 0 Å². The van der Waals surface area contributed by atoms with Crippen molar-refractivity contribution in [1.29, 1.82) is 0 Å². The Hall–Kier alpha value is -2.45. The highest BCUT2D eigenvalue weighted by atomic mass is 16.5. The van der Waals surface area contributed by atoms with Crippen LogP contribution in [0, 0.1) is 0 Å². The highest BCUT2D eigenvalue weighted by molar-refractivity contribution is 5.94. The van der Waals surface area contributed by atoms with Gasteiger partial charge in [0.15, 0.2) is 5.69 Å². The SMILES string of the molecule is O=C(NCc1ccnc(N2CCOCC2)c1)c1n[nH]c2c1CNCC2. The summed E-state index contributed by atoms with van der Waals surface area (Å²) in [7, 11) is 0. The number of hydrogen-bond acceptors (Lipinski definition) is 6. The first kappa shape index (κ1) is 16.0. The molecule has 0 atom stereocenters. The van der Waals surface area contributed by atoms with E-state index in [9.17, 15) is 4.79 Å². The van der Waals surface area contributed by atoms with Gasteiger partial charge in [-0.15, -0.1) is 0 Å². The van der Waals surface area contributed by atoms with E-state index in [1.54, 1.807) is 6.20 Å². The van der Waals surface area contributed by atoms with E-state index < -0.39 is 0 Å². The molecule has 4 rings (SSSR count). The summed E-state index contributed by atoms with van der Waals surface area (Å²) in [6.45, 7) is 5.18. The van der Waals surface area contributed by atoms with Crippen LogP contribution in [0.4, 0.5) is 5.82 Å². The first-order valence-corrected chi connectivity index (χ1v) is 8.64. The first-order chi connectivity index (χ1) is 12.3. The number of nitrogens with zero attached hydrogens (tertiary/aromatic N) is 3. The number of carbonyl (C=O) groups excluding carboxylic acids is 1. The normalized spacial score (nSPS) is 17.2. The summed E-state index contributed by atoms with van der Waals surface area (Å²) in [6, 6.07) is 3.94. The zero-order valence-corrected chi connectivity index (χ0v) is 14.0. The van der Waals surface area contributed by atoms with E-state index in [0.717, 1.165) is 61.9 Å². The fraction of sp³-hybridized carbons (Fsp3) is 0.471. The molecule has 4 heterocycles. The predicted molar refractivity (Wildman–Crippen MR) is 92.4 cm³/mol. The topological polar surface area (TPSA) is 95.2 Å². The third kappa shape index (κ3) is 3.49. The van der Waals surface area contributed by atoms with Gasteiger partial charge in [0, 0.05) is 56.6 Å². The standard InChI is InChI=1S/C17H22N6O2/c24-17(16-13-11-18-3-2-14(13)21-22-16)20-10-12-1-4-19-15(9-12)23-5-7-25-8-6-23/h1,4,9,18H,2-3,5-8,10-11H2,(H,20,24)(H,21,22). The van der Waals surface area contributed by atoms with Gasteiger partial charge in [-0.3, -0.25) is 9.89 Å². The number of pyridine rings is 1. The largest absolute Gasteiger partial charge is 0.378 e. The van der Waals surface area contributed by atoms with Crippen LogP contribution in [0.3, 0.4) is 0 Å². The number of carbonyl (C=O) groups is 1. The number of aromatic nitrogens is 3. The molecule has 25 heavy (non-hydrogen) atoms. The van der Waals surface area contributed by atoms with Crippen molar-refractivity contribution >= 4 is 11.7 Å². The summed E-state index contributed by atoms with van der Waals surface area (Å²) in [5.74, 6) is 0.780. The van der Waals surface area contributed by atoms with Crippen LogP contribution in [0.2, 0.25) is 0 Å². The molecule has 0 aromatic carbocycles. The lowest BCUT2D eigenvalue weighted by Gasteiger charge is -2.28. The Morgan fingerprint density at radius 3 is 3.12 bits per heavy atom. The molecule has 0 radical (unpaired) electrons. The van der Waals surface area contributed by atoms with Gasteiger partial charge in [-0.05, 0) is 17.7 Å². The second-order valence-corrected chi connectivity index (χ2v) is 6.26. The van der Waals surface area contributed by atoms with E-state index >= 15 is 0 Å². The van der Waals surface area contributed by atoms with E-state index in [-0.39, 0.29) is 5.91 Å². The number of rotatable bonds is 4. The van der Waals surface area contributed by atoms with Crippen molar-refractivity contribution in [3.8, 4) is 0 Å². The second kappa shape index (κ2) is 7.20. The molecule has 2 aromatic heterocycles. The summed E-state index contributed by atoms with van der Waals surface area (Å²) in [4.78, 5) is 19.1. The minimum Gasteiger partial charge on any atom is -0.378 e. The average molecular weight is 342 g/mol. The third-order valence-corrected chi connectivity index (χ3v) is 4.62. The molecular weight excluding hydrogens is 320 g/mol. The van der Waals surface area contributed by atoms with Crippen molar-refractivity contribution in [3.63, 3.8) is 0 Å². The van der Waals surface area contributed by atoms with Crippen molar-refractivity contribution in [2.24, 2.45) is 0 Å². The predicted octanol–water partition coefficient (Wildman–Crippen LogP) is 0.217. The van der Waals surface area contributed by atoms with Gasteiger partial charge < -0.3 is 20.3 Å².